The van der Waals surface area contributed by atoms with Crippen molar-refractivity contribution in [2.45, 2.75) is 25.4 Å². The first-order valence-corrected chi connectivity index (χ1v) is 7.42. The van der Waals surface area contributed by atoms with Gasteiger partial charge in [-0.05, 0) is 30.5 Å². The number of hydrogen-bond donors (Lipinski definition) is 0. The lowest BCUT2D eigenvalue weighted by Crippen LogP contribution is -2.46. The number of piperazine rings is 1. The molecule has 3 rings (SSSR count). The number of hydrogen-bond acceptors (Lipinski definition) is 2. The van der Waals surface area contributed by atoms with Gasteiger partial charge in [-0.2, -0.15) is 0 Å². The van der Waals surface area contributed by atoms with Gasteiger partial charge in [-0.1, -0.05) is 22.0 Å². The first-order chi connectivity index (χ1) is 8.72. The minimum atomic E-state index is -0.177. The lowest BCUT2D eigenvalue weighted by atomic mass is 10.2. The molecule has 1 aliphatic heterocycles. The van der Waals surface area contributed by atoms with Gasteiger partial charge >= 0.3 is 0 Å². The van der Waals surface area contributed by atoms with Crippen molar-refractivity contribution in [3.05, 3.63) is 34.1 Å². The molecule has 1 saturated heterocycles. The molecule has 0 radical (unpaired) electrons. The molecule has 2 fully saturated rings. The normalized spacial score (nSPS) is 22.3. The average molecular weight is 313 g/mol. The van der Waals surface area contributed by atoms with Crippen molar-refractivity contribution in [3.63, 3.8) is 0 Å². The maximum Gasteiger partial charge on any atom is 0.124 e. The summed E-state index contributed by atoms with van der Waals surface area (Å²) >= 11 is 3.44. The Morgan fingerprint density at radius 1 is 1.17 bits per heavy atom. The molecule has 0 spiro atoms. The van der Waals surface area contributed by atoms with Gasteiger partial charge in [0.05, 0.1) is 0 Å². The van der Waals surface area contributed by atoms with Crippen LogP contribution >= 0.6 is 15.9 Å². The van der Waals surface area contributed by atoms with Crippen molar-refractivity contribution in [3.8, 4) is 0 Å². The highest BCUT2D eigenvalue weighted by Gasteiger charge is 2.31. The van der Waals surface area contributed by atoms with E-state index in [4.69, 9.17) is 0 Å². The largest absolute Gasteiger partial charge is 0.298 e. The maximum absolute atomic E-state index is 13.0. The summed E-state index contributed by atoms with van der Waals surface area (Å²) in [6.07, 6.45) is 2.78. The molecule has 2 aliphatic rings. The first-order valence-electron chi connectivity index (χ1n) is 6.63. The second-order valence-corrected chi connectivity index (χ2v) is 6.13. The summed E-state index contributed by atoms with van der Waals surface area (Å²) in [5.41, 5.74) is 1.18. The summed E-state index contributed by atoms with van der Waals surface area (Å²) in [5.74, 6) is -0.177. The van der Waals surface area contributed by atoms with Gasteiger partial charge in [-0.25, -0.2) is 4.39 Å². The van der Waals surface area contributed by atoms with E-state index in [2.05, 4.69) is 25.7 Å². The van der Waals surface area contributed by atoms with E-state index in [0.717, 1.165) is 30.1 Å². The van der Waals surface area contributed by atoms with E-state index in [0.29, 0.717) is 0 Å². The minimum Gasteiger partial charge on any atom is -0.298 e. The predicted octanol–water partition coefficient (Wildman–Crippen LogP) is 2.87. The molecule has 4 heteroatoms. The van der Waals surface area contributed by atoms with Crippen LogP contribution in [0.2, 0.25) is 0 Å². The van der Waals surface area contributed by atoms with E-state index in [1.807, 2.05) is 6.07 Å². The van der Waals surface area contributed by atoms with Gasteiger partial charge in [0, 0.05) is 43.2 Å². The molecule has 1 aromatic rings. The van der Waals surface area contributed by atoms with Gasteiger partial charge in [-0.3, -0.25) is 9.80 Å². The number of halogens is 2. The van der Waals surface area contributed by atoms with Crippen molar-refractivity contribution in [2.24, 2.45) is 0 Å². The molecule has 1 aromatic carbocycles. The number of benzene rings is 1. The zero-order valence-corrected chi connectivity index (χ0v) is 12.0. The lowest BCUT2D eigenvalue weighted by molar-refractivity contribution is 0.121. The second-order valence-electron chi connectivity index (χ2n) is 5.28. The van der Waals surface area contributed by atoms with E-state index in [-0.39, 0.29) is 5.82 Å². The molecule has 1 saturated carbocycles. The number of rotatable bonds is 3. The van der Waals surface area contributed by atoms with E-state index in [1.165, 1.54) is 31.5 Å². The van der Waals surface area contributed by atoms with Gasteiger partial charge in [0.1, 0.15) is 5.82 Å². The van der Waals surface area contributed by atoms with Crippen LogP contribution in [0.5, 0.6) is 0 Å². The van der Waals surface area contributed by atoms with Crippen molar-refractivity contribution < 1.29 is 4.39 Å². The van der Waals surface area contributed by atoms with Crippen LogP contribution in [0.4, 0.5) is 4.39 Å². The quantitative estimate of drug-likeness (QED) is 0.847. The van der Waals surface area contributed by atoms with Crippen LogP contribution in [0, 0.1) is 5.82 Å². The Labute approximate surface area is 116 Å². The molecule has 18 heavy (non-hydrogen) atoms. The van der Waals surface area contributed by atoms with Gasteiger partial charge in [0.25, 0.3) is 0 Å². The van der Waals surface area contributed by atoms with Crippen LogP contribution in [-0.2, 0) is 6.54 Å². The Balaban J connectivity index is 1.56. The Morgan fingerprint density at radius 3 is 2.50 bits per heavy atom. The molecule has 2 nitrogen and oxygen atoms in total. The molecule has 0 aromatic heterocycles. The maximum atomic E-state index is 13.0. The fourth-order valence-corrected chi connectivity index (χ4v) is 3.09. The highest BCUT2D eigenvalue weighted by Crippen LogP contribution is 2.28. The highest BCUT2D eigenvalue weighted by atomic mass is 79.9. The Morgan fingerprint density at radius 2 is 1.89 bits per heavy atom. The fraction of sp³-hybridized carbons (Fsp3) is 0.571. The third-order valence-electron chi connectivity index (χ3n) is 3.88. The third kappa shape index (κ3) is 2.92. The summed E-state index contributed by atoms with van der Waals surface area (Å²) in [4.78, 5) is 5.06. The topological polar surface area (TPSA) is 6.48 Å². The lowest BCUT2D eigenvalue weighted by Gasteiger charge is -2.34. The Kier molecular flexibility index (Phi) is 3.68. The zero-order valence-electron chi connectivity index (χ0n) is 10.4. The molecule has 1 aliphatic carbocycles. The predicted molar refractivity (Wildman–Crippen MR) is 74.0 cm³/mol. The molecule has 1 heterocycles. The van der Waals surface area contributed by atoms with E-state index >= 15 is 0 Å². The zero-order chi connectivity index (χ0) is 12.5. The molecular formula is C14H18BrFN2. The van der Waals surface area contributed by atoms with Crippen molar-refractivity contribution >= 4 is 15.9 Å². The highest BCUT2D eigenvalue weighted by molar-refractivity contribution is 9.10. The van der Waals surface area contributed by atoms with E-state index in [9.17, 15) is 4.39 Å². The van der Waals surface area contributed by atoms with Crippen LogP contribution in [0.25, 0.3) is 0 Å². The van der Waals surface area contributed by atoms with Gasteiger partial charge < -0.3 is 0 Å². The summed E-state index contributed by atoms with van der Waals surface area (Å²) in [5, 5.41) is 0. The summed E-state index contributed by atoms with van der Waals surface area (Å²) in [7, 11) is 0. The SMILES string of the molecule is Fc1ccc(CN2CCN(C3CC3)CC2)c(Br)c1. The van der Waals surface area contributed by atoms with E-state index < -0.39 is 0 Å². The molecule has 0 N–H and O–H groups in total. The van der Waals surface area contributed by atoms with Crippen LogP contribution in [0.15, 0.2) is 22.7 Å². The van der Waals surface area contributed by atoms with E-state index in [1.54, 1.807) is 12.1 Å². The second kappa shape index (κ2) is 5.27. The summed E-state index contributed by atoms with van der Waals surface area (Å²) in [6.45, 7) is 5.53. The molecule has 0 bridgehead atoms. The third-order valence-corrected chi connectivity index (χ3v) is 4.62. The standard InChI is InChI=1S/C14H18BrFN2/c15-14-9-12(16)2-1-11(14)10-17-5-7-18(8-6-17)13-3-4-13/h1-2,9,13H,3-8,10H2. The Bertz CT molecular complexity index is 426. The molecule has 0 atom stereocenters. The minimum absolute atomic E-state index is 0.177. The van der Waals surface area contributed by atoms with Crippen LogP contribution in [-0.4, -0.2) is 42.0 Å². The van der Waals surface area contributed by atoms with Crippen LogP contribution in [0.3, 0.4) is 0 Å². The molecular weight excluding hydrogens is 295 g/mol. The average Bonchev–Trinajstić information content (AvgIpc) is 3.18. The van der Waals surface area contributed by atoms with Gasteiger partial charge in [-0.15, -0.1) is 0 Å². The molecule has 0 unspecified atom stereocenters. The van der Waals surface area contributed by atoms with Crippen molar-refractivity contribution in [1.29, 1.82) is 0 Å². The Hall–Kier alpha value is -0.450. The van der Waals surface area contributed by atoms with Gasteiger partial charge in [0.15, 0.2) is 0 Å². The van der Waals surface area contributed by atoms with Gasteiger partial charge in [0.2, 0.25) is 0 Å². The fourth-order valence-electron chi connectivity index (χ4n) is 2.62. The smallest absolute Gasteiger partial charge is 0.124 e. The molecule has 0 amide bonds. The van der Waals surface area contributed by atoms with Crippen LogP contribution < -0.4 is 0 Å². The first kappa shape index (κ1) is 12.6. The summed E-state index contributed by atoms with van der Waals surface area (Å²) < 4.78 is 13.9. The van der Waals surface area contributed by atoms with Crippen molar-refractivity contribution in [2.75, 3.05) is 26.2 Å². The van der Waals surface area contributed by atoms with Crippen LogP contribution in [0.1, 0.15) is 18.4 Å². The molecule has 98 valence electrons. The monoisotopic (exact) mass is 312 g/mol. The number of nitrogens with zero attached hydrogens (tertiary/aromatic N) is 2. The van der Waals surface area contributed by atoms with Crippen molar-refractivity contribution in [1.82, 2.24) is 9.80 Å². The summed E-state index contributed by atoms with van der Waals surface area (Å²) in [6, 6.07) is 5.85.